The molecule has 0 heterocycles. The highest BCUT2D eigenvalue weighted by Crippen LogP contribution is 2.03. The zero-order chi connectivity index (χ0) is 11.0. The molecule has 0 aliphatic carbocycles. The van der Waals surface area contributed by atoms with Gasteiger partial charge in [-0.05, 0) is 26.7 Å². The van der Waals surface area contributed by atoms with Gasteiger partial charge in [-0.15, -0.1) is 0 Å². The molecule has 3 nitrogen and oxygen atoms in total. The van der Waals surface area contributed by atoms with Gasteiger partial charge in [0.05, 0.1) is 31.5 Å². The van der Waals surface area contributed by atoms with E-state index in [2.05, 4.69) is 6.92 Å². The van der Waals surface area contributed by atoms with Crippen LogP contribution in [-0.4, -0.2) is 36.6 Å². The topological polar surface area (TPSA) is 38.7 Å². The van der Waals surface area contributed by atoms with Crippen molar-refractivity contribution in [2.24, 2.45) is 0 Å². The molecule has 0 amide bonds. The molecule has 0 aromatic rings. The van der Waals surface area contributed by atoms with Crippen LogP contribution in [0.5, 0.6) is 0 Å². The fraction of sp³-hybridized carbons (Fsp3) is 1.00. The van der Waals surface area contributed by atoms with Gasteiger partial charge in [0.25, 0.3) is 0 Å². The number of aliphatic hydroxyl groups is 1. The van der Waals surface area contributed by atoms with E-state index in [1.54, 1.807) is 0 Å². The SMILES string of the molecule is CCC(O)COC(CC)COC(C)C. The molecule has 2 atom stereocenters. The third kappa shape index (κ3) is 7.30. The monoisotopic (exact) mass is 204 g/mol. The minimum atomic E-state index is -0.344. The van der Waals surface area contributed by atoms with Crippen molar-refractivity contribution in [3.8, 4) is 0 Å². The smallest absolute Gasteiger partial charge is 0.0807 e. The van der Waals surface area contributed by atoms with Crippen molar-refractivity contribution in [2.45, 2.75) is 58.8 Å². The van der Waals surface area contributed by atoms with E-state index in [-0.39, 0.29) is 18.3 Å². The van der Waals surface area contributed by atoms with Crippen LogP contribution >= 0.6 is 0 Å². The van der Waals surface area contributed by atoms with E-state index < -0.39 is 0 Å². The first-order valence-corrected chi connectivity index (χ1v) is 5.51. The van der Waals surface area contributed by atoms with E-state index in [4.69, 9.17) is 9.47 Å². The highest BCUT2D eigenvalue weighted by molar-refractivity contribution is 4.57. The van der Waals surface area contributed by atoms with Crippen LogP contribution in [0.25, 0.3) is 0 Å². The van der Waals surface area contributed by atoms with E-state index >= 15 is 0 Å². The second-order valence-corrected chi connectivity index (χ2v) is 3.81. The first-order valence-electron chi connectivity index (χ1n) is 5.51. The van der Waals surface area contributed by atoms with Gasteiger partial charge in [0.2, 0.25) is 0 Å². The van der Waals surface area contributed by atoms with Crippen molar-refractivity contribution < 1.29 is 14.6 Å². The molecule has 0 saturated carbocycles. The second-order valence-electron chi connectivity index (χ2n) is 3.81. The van der Waals surface area contributed by atoms with Crippen molar-refractivity contribution in [2.75, 3.05) is 13.2 Å². The lowest BCUT2D eigenvalue weighted by Gasteiger charge is -2.19. The summed E-state index contributed by atoms with van der Waals surface area (Å²) in [4.78, 5) is 0. The molecule has 0 aliphatic rings. The van der Waals surface area contributed by atoms with Crippen molar-refractivity contribution in [3.63, 3.8) is 0 Å². The first-order chi connectivity index (χ1) is 6.60. The molecule has 0 rings (SSSR count). The average molecular weight is 204 g/mol. The van der Waals surface area contributed by atoms with Crippen LogP contribution in [0.3, 0.4) is 0 Å². The van der Waals surface area contributed by atoms with Crippen LogP contribution in [-0.2, 0) is 9.47 Å². The fourth-order valence-electron chi connectivity index (χ4n) is 0.949. The quantitative estimate of drug-likeness (QED) is 0.657. The normalized spacial score (nSPS) is 15.9. The Bertz CT molecular complexity index is 126. The number of aliphatic hydroxyl groups excluding tert-OH is 1. The Morgan fingerprint density at radius 1 is 1.00 bits per heavy atom. The van der Waals surface area contributed by atoms with Crippen molar-refractivity contribution >= 4 is 0 Å². The van der Waals surface area contributed by atoms with E-state index in [1.807, 2.05) is 20.8 Å². The maximum Gasteiger partial charge on any atom is 0.0807 e. The van der Waals surface area contributed by atoms with Crippen molar-refractivity contribution in [1.29, 1.82) is 0 Å². The molecular formula is C11H24O3. The first kappa shape index (κ1) is 13.9. The predicted octanol–water partition coefficient (Wildman–Crippen LogP) is 1.98. The lowest BCUT2D eigenvalue weighted by molar-refractivity contribution is -0.0617. The standard InChI is InChI=1S/C11H24O3/c1-5-10(12)7-14-11(6-2)8-13-9(3)4/h9-12H,5-8H2,1-4H3. The van der Waals surface area contributed by atoms with Crippen molar-refractivity contribution in [3.05, 3.63) is 0 Å². The molecule has 1 N–H and O–H groups in total. The maximum atomic E-state index is 9.31. The Kier molecular flexibility index (Phi) is 8.14. The zero-order valence-corrected chi connectivity index (χ0v) is 9.82. The van der Waals surface area contributed by atoms with Crippen LogP contribution in [0.1, 0.15) is 40.5 Å². The Balaban J connectivity index is 3.57. The number of rotatable bonds is 8. The molecule has 0 aliphatic heterocycles. The van der Waals surface area contributed by atoms with E-state index in [1.165, 1.54) is 0 Å². The van der Waals surface area contributed by atoms with E-state index in [0.717, 1.165) is 12.8 Å². The minimum Gasteiger partial charge on any atom is -0.391 e. The van der Waals surface area contributed by atoms with Gasteiger partial charge in [-0.3, -0.25) is 0 Å². The largest absolute Gasteiger partial charge is 0.391 e. The summed E-state index contributed by atoms with van der Waals surface area (Å²) in [6.07, 6.45) is 1.66. The average Bonchev–Trinajstić information content (AvgIpc) is 2.17. The van der Waals surface area contributed by atoms with Gasteiger partial charge >= 0.3 is 0 Å². The minimum absolute atomic E-state index is 0.110. The van der Waals surface area contributed by atoms with Crippen molar-refractivity contribution in [1.82, 2.24) is 0 Å². The summed E-state index contributed by atoms with van der Waals surface area (Å²) in [5.74, 6) is 0. The third-order valence-electron chi connectivity index (χ3n) is 2.07. The van der Waals surface area contributed by atoms with E-state index in [9.17, 15) is 5.11 Å². The molecule has 2 unspecified atom stereocenters. The van der Waals surface area contributed by atoms with E-state index in [0.29, 0.717) is 13.2 Å². The van der Waals surface area contributed by atoms with Crippen LogP contribution in [0.15, 0.2) is 0 Å². The summed E-state index contributed by atoms with van der Waals surface area (Å²) in [5, 5.41) is 9.31. The maximum absolute atomic E-state index is 9.31. The lowest BCUT2D eigenvalue weighted by Crippen LogP contribution is -2.25. The van der Waals surface area contributed by atoms with Gasteiger partial charge in [0.15, 0.2) is 0 Å². The molecular weight excluding hydrogens is 180 g/mol. The Morgan fingerprint density at radius 2 is 1.64 bits per heavy atom. The Morgan fingerprint density at radius 3 is 2.07 bits per heavy atom. The number of hydrogen-bond donors (Lipinski definition) is 1. The van der Waals surface area contributed by atoms with Crippen LogP contribution in [0.2, 0.25) is 0 Å². The van der Waals surface area contributed by atoms with Gasteiger partial charge in [-0.2, -0.15) is 0 Å². The fourth-order valence-corrected chi connectivity index (χ4v) is 0.949. The molecule has 0 aromatic heterocycles. The summed E-state index contributed by atoms with van der Waals surface area (Å²) >= 11 is 0. The highest BCUT2D eigenvalue weighted by Gasteiger charge is 2.10. The molecule has 0 aromatic carbocycles. The lowest BCUT2D eigenvalue weighted by atomic mass is 10.2. The Labute approximate surface area is 87.4 Å². The van der Waals surface area contributed by atoms with Gasteiger partial charge < -0.3 is 14.6 Å². The molecule has 0 saturated heterocycles. The molecule has 86 valence electrons. The predicted molar refractivity (Wildman–Crippen MR) is 57.4 cm³/mol. The summed E-state index contributed by atoms with van der Waals surface area (Å²) in [7, 11) is 0. The summed E-state index contributed by atoms with van der Waals surface area (Å²) in [6.45, 7) is 9.05. The highest BCUT2D eigenvalue weighted by atomic mass is 16.5. The van der Waals surface area contributed by atoms with Gasteiger partial charge in [0.1, 0.15) is 0 Å². The summed E-state index contributed by atoms with van der Waals surface area (Å²) in [5.41, 5.74) is 0. The molecule has 14 heavy (non-hydrogen) atoms. The van der Waals surface area contributed by atoms with Crippen LogP contribution < -0.4 is 0 Å². The number of ether oxygens (including phenoxy) is 2. The summed E-state index contributed by atoms with van der Waals surface area (Å²) < 4.78 is 11.0. The summed E-state index contributed by atoms with van der Waals surface area (Å²) in [6, 6.07) is 0. The number of hydrogen-bond acceptors (Lipinski definition) is 3. The zero-order valence-electron chi connectivity index (χ0n) is 9.82. The third-order valence-corrected chi connectivity index (χ3v) is 2.07. The van der Waals surface area contributed by atoms with Gasteiger partial charge in [-0.1, -0.05) is 13.8 Å². The molecule has 3 heteroatoms. The van der Waals surface area contributed by atoms with Crippen LogP contribution in [0.4, 0.5) is 0 Å². The molecule has 0 spiro atoms. The van der Waals surface area contributed by atoms with Gasteiger partial charge in [0, 0.05) is 0 Å². The molecule has 0 radical (unpaired) electrons. The van der Waals surface area contributed by atoms with Gasteiger partial charge in [-0.25, -0.2) is 0 Å². The van der Waals surface area contributed by atoms with Crippen LogP contribution in [0, 0.1) is 0 Å². The molecule has 0 fully saturated rings. The second kappa shape index (κ2) is 8.21. The molecule has 0 bridgehead atoms. The Hall–Kier alpha value is -0.120.